The predicted molar refractivity (Wildman–Crippen MR) is 91.1 cm³/mol. The van der Waals surface area contributed by atoms with E-state index >= 15 is 0 Å². The van der Waals surface area contributed by atoms with E-state index in [1.807, 2.05) is 0 Å². The van der Waals surface area contributed by atoms with Crippen LogP contribution in [0.2, 0.25) is 0 Å². The molecule has 2 unspecified atom stereocenters. The minimum Gasteiger partial charge on any atom is -0.497 e. The molecule has 3 rings (SSSR count). The first-order valence-electron chi connectivity index (χ1n) is 8.28. The molecule has 0 bridgehead atoms. The lowest BCUT2D eigenvalue weighted by molar-refractivity contribution is 0.0509. The Bertz CT molecular complexity index is 585. The van der Waals surface area contributed by atoms with Crippen LogP contribution < -0.4 is 0 Å². The van der Waals surface area contributed by atoms with Crippen molar-refractivity contribution in [1.82, 2.24) is 4.90 Å². The van der Waals surface area contributed by atoms with E-state index in [-0.39, 0.29) is 5.54 Å². The molecule has 0 radical (unpaired) electrons. The second-order valence-corrected chi connectivity index (χ2v) is 7.29. The van der Waals surface area contributed by atoms with Crippen LogP contribution in [0.25, 0.3) is 0 Å². The van der Waals surface area contributed by atoms with Gasteiger partial charge in [-0.15, -0.1) is 0 Å². The molecule has 2 heteroatoms. The van der Waals surface area contributed by atoms with Crippen molar-refractivity contribution in [3.8, 4) is 0 Å². The van der Waals surface area contributed by atoms with Crippen molar-refractivity contribution in [1.29, 1.82) is 0 Å². The molecular formula is C20H27NO. The third kappa shape index (κ3) is 2.79. The largest absolute Gasteiger partial charge is 0.497 e. The number of piperidine rings is 1. The fourth-order valence-electron chi connectivity index (χ4n) is 4.08. The molecule has 2 atom stereocenters. The summed E-state index contributed by atoms with van der Waals surface area (Å²) in [6.45, 7) is 8.11. The van der Waals surface area contributed by atoms with Crippen LogP contribution in [0.4, 0.5) is 0 Å². The van der Waals surface area contributed by atoms with Crippen LogP contribution >= 0.6 is 0 Å². The van der Waals surface area contributed by atoms with Gasteiger partial charge in [-0.1, -0.05) is 37.3 Å². The molecule has 0 amide bonds. The molecule has 2 nitrogen and oxygen atoms in total. The molecule has 1 aromatic carbocycles. The highest BCUT2D eigenvalue weighted by Crippen LogP contribution is 2.45. The molecule has 0 aromatic heterocycles. The Morgan fingerprint density at radius 1 is 1.23 bits per heavy atom. The number of ether oxygens (including phenoxy) is 1. The third-order valence-electron chi connectivity index (χ3n) is 5.21. The second kappa shape index (κ2) is 5.83. The molecule has 118 valence electrons. The molecule has 0 spiro atoms. The Morgan fingerprint density at radius 2 is 1.95 bits per heavy atom. The van der Waals surface area contributed by atoms with Gasteiger partial charge in [0, 0.05) is 23.7 Å². The topological polar surface area (TPSA) is 12.5 Å². The van der Waals surface area contributed by atoms with Crippen molar-refractivity contribution >= 4 is 0 Å². The van der Waals surface area contributed by atoms with Gasteiger partial charge >= 0.3 is 0 Å². The van der Waals surface area contributed by atoms with E-state index < -0.39 is 0 Å². The molecule has 0 saturated carbocycles. The van der Waals surface area contributed by atoms with Gasteiger partial charge in [0.15, 0.2) is 0 Å². The van der Waals surface area contributed by atoms with Crippen molar-refractivity contribution in [2.45, 2.75) is 45.7 Å². The monoisotopic (exact) mass is 297 g/mol. The van der Waals surface area contributed by atoms with Gasteiger partial charge < -0.3 is 9.64 Å². The van der Waals surface area contributed by atoms with Crippen molar-refractivity contribution in [3.05, 3.63) is 59.5 Å². The van der Waals surface area contributed by atoms with E-state index in [0.29, 0.717) is 11.8 Å². The van der Waals surface area contributed by atoms with Gasteiger partial charge in [0.05, 0.1) is 7.11 Å². The summed E-state index contributed by atoms with van der Waals surface area (Å²) in [6, 6.07) is 10.8. The molecule has 1 aromatic rings. The van der Waals surface area contributed by atoms with Crippen LogP contribution in [-0.4, -0.2) is 17.5 Å². The number of allylic oxidation sites excluding steroid dienone is 3. The lowest BCUT2D eigenvalue weighted by Gasteiger charge is -2.52. The highest BCUT2D eigenvalue weighted by atomic mass is 16.5. The number of nitrogens with zero attached hydrogens (tertiary/aromatic N) is 1. The zero-order valence-corrected chi connectivity index (χ0v) is 14.2. The van der Waals surface area contributed by atoms with Crippen molar-refractivity contribution in [2.75, 3.05) is 7.11 Å². The lowest BCUT2D eigenvalue weighted by Crippen LogP contribution is -2.51. The number of hydrogen-bond acceptors (Lipinski definition) is 2. The van der Waals surface area contributed by atoms with E-state index in [2.05, 4.69) is 68.2 Å². The van der Waals surface area contributed by atoms with Gasteiger partial charge in [-0.3, -0.25) is 0 Å². The van der Waals surface area contributed by atoms with Crippen molar-refractivity contribution < 1.29 is 4.74 Å². The first-order valence-corrected chi connectivity index (χ1v) is 8.28. The maximum atomic E-state index is 5.50. The van der Waals surface area contributed by atoms with E-state index in [1.54, 1.807) is 7.11 Å². The van der Waals surface area contributed by atoms with Gasteiger partial charge in [-0.2, -0.15) is 0 Å². The highest BCUT2D eigenvalue weighted by molar-refractivity contribution is 5.30. The maximum Gasteiger partial charge on any atom is 0.116 e. The number of methoxy groups -OCH3 is 1. The molecule has 1 heterocycles. The summed E-state index contributed by atoms with van der Waals surface area (Å²) >= 11 is 0. The first-order chi connectivity index (χ1) is 10.5. The summed E-state index contributed by atoms with van der Waals surface area (Å²) in [6.07, 6.45) is 6.83. The SMILES string of the molecule is COC1=CCC2C(=C1)N(Cc1ccccc1)C(C)(C)CC2C. The van der Waals surface area contributed by atoms with Crippen LogP contribution in [0.5, 0.6) is 0 Å². The van der Waals surface area contributed by atoms with Crippen LogP contribution in [-0.2, 0) is 11.3 Å². The minimum absolute atomic E-state index is 0.174. The number of benzene rings is 1. The van der Waals surface area contributed by atoms with Gasteiger partial charge in [-0.25, -0.2) is 0 Å². The van der Waals surface area contributed by atoms with Crippen LogP contribution in [0, 0.1) is 11.8 Å². The average Bonchev–Trinajstić information content (AvgIpc) is 2.51. The fourth-order valence-corrected chi connectivity index (χ4v) is 4.08. The highest BCUT2D eigenvalue weighted by Gasteiger charge is 2.41. The van der Waals surface area contributed by atoms with Gasteiger partial charge in [0.25, 0.3) is 0 Å². The Kier molecular flexibility index (Phi) is 4.03. The van der Waals surface area contributed by atoms with E-state index in [1.165, 1.54) is 17.7 Å². The summed E-state index contributed by atoms with van der Waals surface area (Å²) in [7, 11) is 1.77. The number of hydrogen-bond donors (Lipinski definition) is 0. The molecular weight excluding hydrogens is 270 g/mol. The molecule has 0 N–H and O–H groups in total. The number of likely N-dealkylation sites (tertiary alicyclic amines) is 1. The lowest BCUT2D eigenvalue weighted by atomic mass is 9.72. The molecule has 2 aliphatic rings. The minimum atomic E-state index is 0.174. The molecule has 1 fully saturated rings. The Labute approximate surface area is 134 Å². The van der Waals surface area contributed by atoms with Gasteiger partial charge in [0.1, 0.15) is 5.76 Å². The smallest absolute Gasteiger partial charge is 0.116 e. The number of rotatable bonds is 3. The first kappa shape index (κ1) is 15.2. The molecule has 1 aliphatic heterocycles. The molecule has 1 aliphatic carbocycles. The van der Waals surface area contributed by atoms with E-state index in [4.69, 9.17) is 4.74 Å². The molecule has 1 saturated heterocycles. The maximum absolute atomic E-state index is 5.50. The van der Waals surface area contributed by atoms with Gasteiger partial charge in [-0.05, 0) is 50.3 Å². The summed E-state index contributed by atoms with van der Waals surface area (Å²) in [5.74, 6) is 2.34. The Hall–Kier alpha value is -1.70. The zero-order chi connectivity index (χ0) is 15.7. The van der Waals surface area contributed by atoms with Gasteiger partial charge in [0.2, 0.25) is 0 Å². The van der Waals surface area contributed by atoms with E-state index in [9.17, 15) is 0 Å². The van der Waals surface area contributed by atoms with Crippen LogP contribution in [0.1, 0.15) is 39.2 Å². The van der Waals surface area contributed by atoms with Crippen molar-refractivity contribution in [3.63, 3.8) is 0 Å². The third-order valence-corrected chi connectivity index (χ3v) is 5.21. The Balaban J connectivity index is 1.96. The van der Waals surface area contributed by atoms with Crippen LogP contribution in [0.3, 0.4) is 0 Å². The number of fused-ring (bicyclic) bond motifs is 1. The summed E-state index contributed by atoms with van der Waals surface area (Å²) < 4.78 is 5.50. The second-order valence-electron chi connectivity index (χ2n) is 7.29. The summed E-state index contributed by atoms with van der Waals surface area (Å²) in [5.41, 5.74) is 3.00. The predicted octanol–water partition coefficient (Wildman–Crippen LogP) is 4.74. The summed E-state index contributed by atoms with van der Waals surface area (Å²) in [5, 5.41) is 0. The average molecular weight is 297 g/mol. The van der Waals surface area contributed by atoms with Crippen molar-refractivity contribution in [2.24, 2.45) is 11.8 Å². The standard InChI is InChI=1S/C20H27NO/c1-15-13-20(2,3)21(14-16-8-6-5-7-9-16)19-12-17(22-4)10-11-18(15)19/h5-10,12,15,18H,11,13-14H2,1-4H3. The van der Waals surface area contributed by atoms with E-state index in [0.717, 1.165) is 18.7 Å². The normalized spacial score (nSPS) is 26.8. The zero-order valence-electron chi connectivity index (χ0n) is 14.2. The van der Waals surface area contributed by atoms with Crippen LogP contribution in [0.15, 0.2) is 53.9 Å². The quantitative estimate of drug-likeness (QED) is 0.799. The molecule has 22 heavy (non-hydrogen) atoms. The summed E-state index contributed by atoms with van der Waals surface area (Å²) in [4.78, 5) is 2.60. The fraction of sp³-hybridized carbons (Fsp3) is 0.500. The Morgan fingerprint density at radius 3 is 2.64 bits per heavy atom.